The molecule has 1 aliphatic carbocycles. The van der Waals surface area contributed by atoms with E-state index in [1.807, 2.05) is 0 Å². The van der Waals surface area contributed by atoms with Crippen molar-refractivity contribution in [1.82, 2.24) is 10.6 Å². The van der Waals surface area contributed by atoms with Gasteiger partial charge in [-0.3, -0.25) is 4.79 Å². The predicted octanol–water partition coefficient (Wildman–Crippen LogP) is 1.36. The Kier molecular flexibility index (Phi) is 5.00. The normalized spacial score (nSPS) is 22.8. The summed E-state index contributed by atoms with van der Waals surface area (Å²) in [4.78, 5) is 22.2. The van der Waals surface area contributed by atoms with E-state index in [9.17, 15) is 9.59 Å². The van der Waals surface area contributed by atoms with Crippen LogP contribution in [0.25, 0.3) is 0 Å². The molecule has 96 valence electrons. The van der Waals surface area contributed by atoms with E-state index in [0.717, 1.165) is 6.42 Å². The maximum atomic E-state index is 11.5. The molecular weight excluding hydrogens is 220 g/mol. The number of carboxylic acids is 1. The molecule has 1 aliphatic rings. The Morgan fingerprint density at radius 3 is 2.65 bits per heavy atom. The fourth-order valence-electron chi connectivity index (χ4n) is 1.68. The molecule has 0 aromatic carbocycles. The zero-order chi connectivity index (χ0) is 12.8. The Balaban J connectivity index is 2.20. The van der Waals surface area contributed by atoms with Crippen molar-refractivity contribution >= 4 is 12.0 Å². The molecule has 0 bridgehead atoms. The molecule has 0 radical (unpaired) electrons. The third-order valence-corrected chi connectivity index (χ3v) is 2.72. The molecule has 2 atom stereocenters. The molecule has 0 spiro atoms. The van der Waals surface area contributed by atoms with Gasteiger partial charge in [0.1, 0.15) is 0 Å². The third-order valence-electron chi connectivity index (χ3n) is 2.72. The van der Waals surface area contributed by atoms with E-state index in [2.05, 4.69) is 24.5 Å². The molecule has 0 saturated heterocycles. The van der Waals surface area contributed by atoms with Crippen molar-refractivity contribution in [3.8, 4) is 0 Å². The van der Waals surface area contributed by atoms with Gasteiger partial charge in [0.05, 0.1) is 12.0 Å². The quantitative estimate of drug-likeness (QED) is 0.635. The lowest BCUT2D eigenvalue weighted by molar-refractivity contribution is -0.140. The van der Waals surface area contributed by atoms with Crippen molar-refractivity contribution in [3.05, 3.63) is 12.2 Å². The number of carbonyl (C=O) groups excluding carboxylic acids is 1. The number of urea groups is 1. The van der Waals surface area contributed by atoms with Crippen molar-refractivity contribution in [2.24, 2.45) is 11.8 Å². The Bertz CT molecular complexity index is 313. The lowest BCUT2D eigenvalue weighted by atomic mass is 10.1. The van der Waals surface area contributed by atoms with E-state index < -0.39 is 11.9 Å². The molecule has 0 aliphatic heterocycles. The van der Waals surface area contributed by atoms with E-state index in [-0.39, 0.29) is 12.1 Å². The molecule has 2 unspecified atom stereocenters. The van der Waals surface area contributed by atoms with Crippen molar-refractivity contribution < 1.29 is 14.7 Å². The Hall–Kier alpha value is -1.52. The third kappa shape index (κ3) is 4.89. The van der Waals surface area contributed by atoms with Crippen LogP contribution in [-0.4, -0.2) is 29.7 Å². The monoisotopic (exact) mass is 240 g/mol. The van der Waals surface area contributed by atoms with Crippen LogP contribution in [0.15, 0.2) is 12.2 Å². The molecule has 0 aromatic heterocycles. The number of rotatable bonds is 5. The summed E-state index contributed by atoms with van der Waals surface area (Å²) < 4.78 is 0. The van der Waals surface area contributed by atoms with Gasteiger partial charge < -0.3 is 15.7 Å². The molecule has 3 N–H and O–H groups in total. The number of amides is 2. The highest BCUT2D eigenvalue weighted by Crippen LogP contribution is 2.17. The number of carbonyl (C=O) groups is 2. The molecule has 0 aromatic rings. The summed E-state index contributed by atoms with van der Waals surface area (Å²) in [7, 11) is 0. The minimum Gasteiger partial charge on any atom is -0.481 e. The van der Waals surface area contributed by atoms with Crippen LogP contribution in [0.2, 0.25) is 0 Å². The second kappa shape index (κ2) is 6.27. The van der Waals surface area contributed by atoms with Crippen LogP contribution in [0.4, 0.5) is 4.79 Å². The summed E-state index contributed by atoms with van der Waals surface area (Å²) in [6.07, 6.45) is 4.74. The molecule has 0 fully saturated rings. The average molecular weight is 240 g/mol. The van der Waals surface area contributed by atoms with Gasteiger partial charge in [-0.2, -0.15) is 0 Å². The Morgan fingerprint density at radius 1 is 1.41 bits per heavy atom. The minimum absolute atomic E-state index is 0.171. The SMILES string of the molecule is CC(C)CCNC(=O)NC1C=CC(C(=O)O)C1. The summed E-state index contributed by atoms with van der Waals surface area (Å²) in [5, 5.41) is 14.3. The number of hydrogen-bond donors (Lipinski definition) is 3. The largest absolute Gasteiger partial charge is 0.481 e. The lowest BCUT2D eigenvalue weighted by Gasteiger charge is -2.13. The number of carboxylic acid groups (broad SMARTS) is 1. The summed E-state index contributed by atoms with van der Waals surface area (Å²) in [6.45, 7) is 4.83. The minimum atomic E-state index is -0.842. The first kappa shape index (κ1) is 13.5. The summed E-state index contributed by atoms with van der Waals surface area (Å²) in [5.41, 5.74) is 0. The highest BCUT2D eigenvalue weighted by atomic mass is 16.4. The molecule has 1 rings (SSSR count). The molecule has 5 heteroatoms. The van der Waals surface area contributed by atoms with Crippen molar-refractivity contribution in [2.45, 2.75) is 32.7 Å². The second-order valence-electron chi connectivity index (χ2n) is 4.75. The van der Waals surface area contributed by atoms with Crippen LogP contribution in [0.3, 0.4) is 0 Å². The first-order valence-corrected chi connectivity index (χ1v) is 5.94. The lowest BCUT2D eigenvalue weighted by Crippen LogP contribution is -2.41. The molecular formula is C12H20N2O3. The van der Waals surface area contributed by atoms with E-state index in [0.29, 0.717) is 18.9 Å². The zero-order valence-corrected chi connectivity index (χ0v) is 10.3. The van der Waals surface area contributed by atoms with Gasteiger partial charge in [-0.05, 0) is 18.8 Å². The zero-order valence-electron chi connectivity index (χ0n) is 10.3. The van der Waals surface area contributed by atoms with Gasteiger partial charge in [-0.25, -0.2) is 4.79 Å². The van der Waals surface area contributed by atoms with Crippen LogP contribution in [0.5, 0.6) is 0 Å². The van der Waals surface area contributed by atoms with E-state index >= 15 is 0 Å². The maximum absolute atomic E-state index is 11.5. The fourth-order valence-corrected chi connectivity index (χ4v) is 1.68. The Morgan fingerprint density at radius 2 is 2.12 bits per heavy atom. The maximum Gasteiger partial charge on any atom is 0.315 e. The highest BCUT2D eigenvalue weighted by Gasteiger charge is 2.25. The van der Waals surface area contributed by atoms with Gasteiger partial charge >= 0.3 is 12.0 Å². The van der Waals surface area contributed by atoms with Crippen LogP contribution in [0.1, 0.15) is 26.7 Å². The smallest absolute Gasteiger partial charge is 0.315 e. The average Bonchev–Trinajstić information content (AvgIpc) is 2.65. The van der Waals surface area contributed by atoms with E-state index in [1.54, 1.807) is 12.2 Å². The summed E-state index contributed by atoms with van der Waals surface area (Å²) in [5.74, 6) is -0.764. The second-order valence-corrected chi connectivity index (χ2v) is 4.75. The predicted molar refractivity (Wildman–Crippen MR) is 64.7 cm³/mol. The topological polar surface area (TPSA) is 78.4 Å². The summed E-state index contributed by atoms with van der Waals surface area (Å²) in [6, 6.07) is -0.401. The van der Waals surface area contributed by atoms with Gasteiger partial charge in [0, 0.05) is 6.54 Å². The molecule has 0 saturated carbocycles. The molecule has 17 heavy (non-hydrogen) atoms. The van der Waals surface area contributed by atoms with Gasteiger partial charge in [0.25, 0.3) is 0 Å². The van der Waals surface area contributed by atoms with Crippen LogP contribution < -0.4 is 10.6 Å². The van der Waals surface area contributed by atoms with Gasteiger partial charge in [-0.15, -0.1) is 0 Å². The molecule has 2 amide bonds. The van der Waals surface area contributed by atoms with Crippen molar-refractivity contribution in [2.75, 3.05) is 6.54 Å². The first-order chi connectivity index (χ1) is 7.99. The first-order valence-electron chi connectivity index (χ1n) is 5.94. The van der Waals surface area contributed by atoms with E-state index in [1.165, 1.54) is 0 Å². The highest BCUT2D eigenvalue weighted by molar-refractivity contribution is 5.76. The molecule has 5 nitrogen and oxygen atoms in total. The standard InChI is InChI=1S/C12H20N2O3/c1-8(2)5-6-13-12(17)14-10-4-3-9(7-10)11(15)16/h3-4,8-10H,5-7H2,1-2H3,(H,15,16)(H2,13,14,17). The number of aliphatic carboxylic acids is 1. The van der Waals surface area contributed by atoms with E-state index in [4.69, 9.17) is 5.11 Å². The fraction of sp³-hybridized carbons (Fsp3) is 0.667. The number of hydrogen-bond acceptors (Lipinski definition) is 2. The van der Waals surface area contributed by atoms with Gasteiger partial charge in [-0.1, -0.05) is 26.0 Å². The summed E-state index contributed by atoms with van der Waals surface area (Å²) >= 11 is 0. The van der Waals surface area contributed by atoms with Crippen LogP contribution in [-0.2, 0) is 4.79 Å². The molecule has 0 heterocycles. The number of nitrogens with one attached hydrogen (secondary N) is 2. The van der Waals surface area contributed by atoms with Crippen LogP contribution in [0, 0.1) is 11.8 Å². The van der Waals surface area contributed by atoms with Gasteiger partial charge in [0.2, 0.25) is 0 Å². The van der Waals surface area contributed by atoms with Crippen LogP contribution >= 0.6 is 0 Å². The van der Waals surface area contributed by atoms with Crippen molar-refractivity contribution in [3.63, 3.8) is 0 Å². The van der Waals surface area contributed by atoms with Crippen molar-refractivity contribution in [1.29, 1.82) is 0 Å². The Labute approximate surface area is 101 Å². The van der Waals surface area contributed by atoms with Gasteiger partial charge in [0.15, 0.2) is 0 Å².